The summed E-state index contributed by atoms with van der Waals surface area (Å²) in [6.07, 6.45) is 4.99. The molecule has 0 spiro atoms. The van der Waals surface area contributed by atoms with E-state index in [0.717, 1.165) is 16.3 Å². The zero-order chi connectivity index (χ0) is 13.7. The first kappa shape index (κ1) is 14.1. The SMILES string of the molecule is CC1(CNC(=O)c2ccc(C#CCN)s2)CCCC1. The largest absolute Gasteiger partial charge is 0.351 e. The summed E-state index contributed by atoms with van der Waals surface area (Å²) in [4.78, 5) is 13.7. The fourth-order valence-corrected chi connectivity index (χ4v) is 3.25. The summed E-state index contributed by atoms with van der Waals surface area (Å²) in [6, 6.07) is 3.71. The van der Waals surface area contributed by atoms with Crippen LogP contribution in [0.15, 0.2) is 12.1 Å². The molecule has 1 aliphatic rings. The van der Waals surface area contributed by atoms with Crippen LogP contribution in [0.2, 0.25) is 0 Å². The molecule has 0 unspecified atom stereocenters. The Balaban J connectivity index is 1.91. The van der Waals surface area contributed by atoms with Crippen LogP contribution in [0, 0.1) is 17.3 Å². The van der Waals surface area contributed by atoms with Gasteiger partial charge in [-0.2, -0.15) is 0 Å². The van der Waals surface area contributed by atoms with Crippen LogP contribution in [-0.2, 0) is 0 Å². The van der Waals surface area contributed by atoms with E-state index < -0.39 is 0 Å². The van der Waals surface area contributed by atoms with Crippen molar-refractivity contribution in [2.24, 2.45) is 11.1 Å². The standard InChI is InChI=1S/C15H20N2OS/c1-15(8-2-3-9-15)11-17-14(18)13-7-6-12(19-13)5-4-10-16/h6-7H,2-3,8-11,16H2,1H3,(H,17,18). The maximum absolute atomic E-state index is 12.1. The van der Waals surface area contributed by atoms with Gasteiger partial charge >= 0.3 is 0 Å². The van der Waals surface area contributed by atoms with Gasteiger partial charge in [-0.05, 0) is 30.4 Å². The smallest absolute Gasteiger partial charge is 0.261 e. The van der Waals surface area contributed by atoms with E-state index in [1.807, 2.05) is 12.1 Å². The van der Waals surface area contributed by atoms with E-state index in [0.29, 0.717) is 6.54 Å². The van der Waals surface area contributed by atoms with E-state index in [-0.39, 0.29) is 11.3 Å². The minimum absolute atomic E-state index is 0.0129. The van der Waals surface area contributed by atoms with Crippen molar-refractivity contribution in [2.75, 3.05) is 13.1 Å². The van der Waals surface area contributed by atoms with Gasteiger partial charge < -0.3 is 11.1 Å². The molecule has 1 fully saturated rings. The fraction of sp³-hybridized carbons (Fsp3) is 0.533. The molecule has 1 aromatic heterocycles. The summed E-state index contributed by atoms with van der Waals surface area (Å²) in [5.74, 6) is 5.76. The van der Waals surface area contributed by atoms with Gasteiger partial charge in [0.2, 0.25) is 0 Å². The zero-order valence-corrected chi connectivity index (χ0v) is 12.1. The summed E-state index contributed by atoms with van der Waals surface area (Å²) in [5.41, 5.74) is 5.61. The molecule has 0 bridgehead atoms. The molecule has 1 aromatic rings. The molecule has 0 saturated heterocycles. The summed E-state index contributed by atoms with van der Waals surface area (Å²) < 4.78 is 0. The van der Waals surface area contributed by atoms with Crippen LogP contribution in [-0.4, -0.2) is 19.0 Å². The fourth-order valence-electron chi connectivity index (χ4n) is 2.45. The van der Waals surface area contributed by atoms with E-state index >= 15 is 0 Å². The second kappa shape index (κ2) is 6.23. The molecule has 0 radical (unpaired) electrons. The van der Waals surface area contributed by atoms with Crippen LogP contribution in [0.25, 0.3) is 0 Å². The number of nitrogens with two attached hydrogens (primary N) is 1. The lowest BCUT2D eigenvalue weighted by molar-refractivity contribution is 0.0938. The minimum Gasteiger partial charge on any atom is -0.351 e. The first-order valence-corrected chi connectivity index (χ1v) is 7.52. The van der Waals surface area contributed by atoms with E-state index in [1.54, 1.807) is 0 Å². The van der Waals surface area contributed by atoms with Crippen LogP contribution < -0.4 is 11.1 Å². The van der Waals surface area contributed by atoms with Crippen LogP contribution in [0.3, 0.4) is 0 Å². The van der Waals surface area contributed by atoms with Gasteiger partial charge in [0.15, 0.2) is 0 Å². The number of rotatable bonds is 3. The lowest BCUT2D eigenvalue weighted by Crippen LogP contribution is -2.33. The molecule has 4 heteroatoms. The molecule has 1 aliphatic carbocycles. The minimum atomic E-state index is 0.0129. The highest BCUT2D eigenvalue weighted by atomic mass is 32.1. The van der Waals surface area contributed by atoms with Gasteiger partial charge in [0.05, 0.1) is 16.3 Å². The molecule has 0 aromatic carbocycles. The van der Waals surface area contributed by atoms with Crippen molar-refractivity contribution in [3.05, 3.63) is 21.9 Å². The van der Waals surface area contributed by atoms with Crippen LogP contribution in [0.5, 0.6) is 0 Å². The first-order chi connectivity index (χ1) is 9.13. The number of carbonyl (C=O) groups is 1. The molecule has 1 heterocycles. The molecular formula is C15H20N2OS. The molecule has 0 aliphatic heterocycles. The van der Waals surface area contributed by atoms with Gasteiger partial charge in [-0.15, -0.1) is 11.3 Å². The van der Waals surface area contributed by atoms with Crippen LogP contribution in [0.1, 0.15) is 47.2 Å². The molecule has 0 atom stereocenters. The quantitative estimate of drug-likeness (QED) is 0.833. The van der Waals surface area contributed by atoms with Crippen molar-refractivity contribution >= 4 is 17.2 Å². The summed E-state index contributed by atoms with van der Waals surface area (Å²) in [7, 11) is 0. The highest BCUT2D eigenvalue weighted by Crippen LogP contribution is 2.36. The number of amides is 1. The van der Waals surface area contributed by atoms with Gasteiger partial charge in [-0.3, -0.25) is 4.79 Å². The van der Waals surface area contributed by atoms with Crippen molar-refractivity contribution < 1.29 is 4.79 Å². The van der Waals surface area contributed by atoms with Crippen molar-refractivity contribution in [3.8, 4) is 11.8 Å². The molecule has 102 valence electrons. The molecule has 2 rings (SSSR count). The lowest BCUT2D eigenvalue weighted by atomic mass is 9.89. The lowest BCUT2D eigenvalue weighted by Gasteiger charge is -2.23. The third-order valence-electron chi connectivity index (χ3n) is 3.63. The first-order valence-electron chi connectivity index (χ1n) is 6.70. The third kappa shape index (κ3) is 3.82. The average Bonchev–Trinajstić information content (AvgIpc) is 3.03. The van der Waals surface area contributed by atoms with Gasteiger partial charge in [-0.25, -0.2) is 0 Å². The molecule has 1 amide bonds. The Labute approximate surface area is 118 Å². The zero-order valence-electron chi connectivity index (χ0n) is 11.3. The van der Waals surface area contributed by atoms with Crippen molar-refractivity contribution in [1.29, 1.82) is 0 Å². The monoisotopic (exact) mass is 276 g/mol. The second-order valence-corrected chi connectivity index (χ2v) is 6.45. The normalized spacial score (nSPS) is 16.7. The van der Waals surface area contributed by atoms with Gasteiger partial charge in [-0.1, -0.05) is 31.6 Å². The highest BCUT2D eigenvalue weighted by Gasteiger charge is 2.29. The Morgan fingerprint density at radius 1 is 1.47 bits per heavy atom. The Kier molecular flexibility index (Phi) is 4.62. The van der Waals surface area contributed by atoms with E-state index in [9.17, 15) is 4.79 Å². The molecular weight excluding hydrogens is 256 g/mol. The molecule has 1 saturated carbocycles. The second-order valence-electron chi connectivity index (χ2n) is 5.37. The van der Waals surface area contributed by atoms with Crippen LogP contribution >= 0.6 is 11.3 Å². The number of thiophene rings is 1. The molecule has 3 N–H and O–H groups in total. The topological polar surface area (TPSA) is 55.1 Å². The maximum atomic E-state index is 12.1. The predicted octanol–water partition coefficient (Wildman–Crippen LogP) is 2.37. The van der Waals surface area contributed by atoms with Crippen molar-refractivity contribution in [1.82, 2.24) is 5.32 Å². The number of nitrogens with one attached hydrogen (secondary N) is 1. The van der Waals surface area contributed by atoms with E-state index in [4.69, 9.17) is 5.73 Å². The third-order valence-corrected chi connectivity index (χ3v) is 4.63. The number of carbonyl (C=O) groups excluding carboxylic acids is 1. The number of hydrogen-bond donors (Lipinski definition) is 2. The number of hydrogen-bond acceptors (Lipinski definition) is 3. The Morgan fingerprint density at radius 2 is 2.21 bits per heavy atom. The van der Waals surface area contributed by atoms with E-state index in [1.165, 1.54) is 37.0 Å². The Hall–Kier alpha value is -1.31. The summed E-state index contributed by atoms with van der Waals surface area (Å²) in [6.45, 7) is 3.37. The van der Waals surface area contributed by atoms with Gasteiger partial charge in [0.25, 0.3) is 5.91 Å². The molecule has 19 heavy (non-hydrogen) atoms. The van der Waals surface area contributed by atoms with Gasteiger partial charge in [0, 0.05) is 6.54 Å². The Morgan fingerprint density at radius 3 is 2.89 bits per heavy atom. The summed E-state index contributed by atoms with van der Waals surface area (Å²) >= 11 is 1.42. The van der Waals surface area contributed by atoms with Crippen LogP contribution in [0.4, 0.5) is 0 Å². The maximum Gasteiger partial charge on any atom is 0.261 e. The Bertz CT molecular complexity index is 504. The highest BCUT2D eigenvalue weighted by molar-refractivity contribution is 7.14. The average molecular weight is 276 g/mol. The summed E-state index contributed by atoms with van der Waals surface area (Å²) in [5, 5.41) is 3.05. The predicted molar refractivity (Wildman–Crippen MR) is 79.2 cm³/mol. The van der Waals surface area contributed by atoms with E-state index in [2.05, 4.69) is 24.1 Å². The van der Waals surface area contributed by atoms with Gasteiger partial charge in [0.1, 0.15) is 0 Å². The van der Waals surface area contributed by atoms with Crippen molar-refractivity contribution in [2.45, 2.75) is 32.6 Å². The molecule has 3 nitrogen and oxygen atoms in total. The van der Waals surface area contributed by atoms with Crippen molar-refractivity contribution in [3.63, 3.8) is 0 Å².